The van der Waals surface area contributed by atoms with Gasteiger partial charge in [0.15, 0.2) is 6.29 Å². The first-order chi connectivity index (χ1) is 19.4. The molecule has 0 spiro atoms. The average Bonchev–Trinajstić information content (AvgIpc) is 3.62. The first kappa shape index (κ1) is 25.0. The van der Waals surface area contributed by atoms with Gasteiger partial charge in [-0.1, -0.05) is 18.2 Å². The molecule has 4 aromatic rings. The topological polar surface area (TPSA) is 163 Å². The molecule has 3 aliphatic heterocycles. The number of H-pyrrole nitrogens is 1. The van der Waals surface area contributed by atoms with E-state index in [1.807, 2.05) is 18.3 Å². The van der Waals surface area contributed by atoms with Gasteiger partial charge in [-0.25, -0.2) is 0 Å². The van der Waals surface area contributed by atoms with E-state index in [1.165, 1.54) is 5.56 Å². The van der Waals surface area contributed by atoms with Crippen LogP contribution in [-0.4, -0.2) is 73.7 Å². The summed E-state index contributed by atoms with van der Waals surface area (Å²) >= 11 is 0. The number of benzene rings is 2. The number of aromatic amines is 1. The molecule has 2 aromatic heterocycles. The monoisotopic (exact) mass is 545 g/mol. The third kappa shape index (κ3) is 3.69. The lowest BCUT2D eigenvalue weighted by molar-refractivity contribution is -0.263. The van der Waals surface area contributed by atoms with Gasteiger partial charge in [0.05, 0.1) is 17.4 Å². The van der Waals surface area contributed by atoms with E-state index < -0.39 is 42.5 Å². The SMILES string of the molecule is O=C[C@H]1OC(Oc2ccc3c([C@@H]4C(=O)NC(=O)[C@H]4c4cn5c6c(cccc46)CCC5)c[nH]c3c2)[C@H](O)[C@@H](O)[C@@H]1O. The van der Waals surface area contributed by atoms with Gasteiger partial charge in [0.1, 0.15) is 30.2 Å². The Morgan fingerprint density at radius 1 is 0.975 bits per heavy atom. The summed E-state index contributed by atoms with van der Waals surface area (Å²) < 4.78 is 13.2. The van der Waals surface area contributed by atoms with Gasteiger partial charge in [0.2, 0.25) is 18.1 Å². The summed E-state index contributed by atoms with van der Waals surface area (Å²) in [6, 6.07) is 11.1. The summed E-state index contributed by atoms with van der Waals surface area (Å²) in [5, 5.41) is 34.5. The number of imide groups is 1. The Morgan fingerprint density at radius 3 is 2.58 bits per heavy atom. The number of carbonyl (C=O) groups excluding carboxylic acids is 3. The second-order valence-corrected chi connectivity index (χ2v) is 10.6. The number of rotatable bonds is 5. The Kier molecular flexibility index (Phi) is 5.79. The largest absolute Gasteiger partial charge is 0.462 e. The number of aldehydes is 1. The molecule has 0 aliphatic carbocycles. The zero-order valence-electron chi connectivity index (χ0n) is 21.2. The number of hydrogen-bond donors (Lipinski definition) is 5. The number of carbonyl (C=O) groups is 3. The van der Waals surface area contributed by atoms with Crippen LogP contribution in [0.25, 0.3) is 21.8 Å². The van der Waals surface area contributed by atoms with Crippen LogP contribution in [0.4, 0.5) is 0 Å². The van der Waals surface area contributed by atoms with Gasteiger partial charge in [-0.3, -0.25) is 14.9 Å². The summed E-state index contributed by atoms with van der Waals surface area (Å²) in [6.45, 7) is 0.860. The van der Waals surface area contributed by atoms with Crippen molar-refractivity contribution in [3.8, 4) is 5.75 Å². The third-order valence-corrected chi connectivity index (χ3v) is 8.35. The fourth-order valence-electron chi connectivity index (χ4n) is 6.43. The maximum absolute atomic E-state index is 13.2. The van der Waals surface area contributed by atoms with Crippen molar-refractivity contribution >= 4 is 39.9 Å². The lowest BCUT2D eigenvalue weighted by Gasteiger charge is -2.38. The van der Waals surface area contributed by atoms with Crippen LogP contribution in [0, 0.1) is 0 Å². The molecule has 2 amide bonds. The Balaban J connectivity index is 1.23. The number of aryl methyl sites for hydroxylation is 2. The van der Waals surface area contributed by atoms with Gasteiger partial charge in [0.25, 0.3) is 0 Å². The van der Waals surface area contributed by atoms with E-state index >= 15 is 0 Å². The Hall–Kier alpha value is -4.03. The van der Waals surface area contributed by atoms with Gasteiger partial charge >= 0.3 is 0 Å². The van der Waals surface area contributed by atoms with E-state index in [0.717, 1.165) is 35.9 Å². The van der Waals surface area contributed by atoms with Gasteiger partial charge < -0.3 is 39.1 Å². The molecule has 5 N–H and O–H groups in total. The number of fused-ring (bicyclic) bond motifs is 1. The second kappa shape index (κ2) is 9.27. The zero-order chi connectivity index (χ0) is 27.7. The number of nitrogens with one attached hydrogen (secondary N) is 2. The second-order valence-electron chi connectivity index (χ2n) is 10.6. The number of aromatic nitrogens is 2. The molecule has 0 bridgehead atoms. The van der Waals surface area contributed by atoms with E-state index in [-0.39, 0.29) is 17.6 Å². The Morgan fingerprint density at radius 2 is 1.77 bits per heavy atom. The highest BCUT2D eigenvalue weighted by atomic mass is 16.7. The van der Waals surface area contributed by atoms with Crippen molar-refractivity contribution < 1.29 is 39.2 Å². The van der Waals surface area contributed by atoms with Crippen LogP contribution in [0.2, 0.25) is 0 Å². The quantitative estimate of drug-likeness (QED) is 0.183. The van der Waals surface area contributed by atoms with Crippen molar-refractivity contribution in [1.82, 2.24) is 14.9 Å². The highest BCUT2D eigenvalue weighted by Crippen LogP contribution is 2.44. The van der Waals surface area contributed by atoms with Crippen LogP contribution in [0.3, 0.4) is 0 Å². The summed E-state index contributed by atoms with van der Waals surface area (Å²) in [4.78, 5) is 40.8. The van der Waals surface area contributed by atoms with Gasteiger partial charge in [-0.05, 0) is 41.7 Å². The lowest BCUT2D eigenvalue weighted by atomic mass is 9.83. The number of amides is 2. The van der Waals surface area contributed by atoms with E-state index in [0.29, 0.717) is 22.8 Å². The minimum absolute atomic E-state index is 0.260. The summed E-state index contributed by atoms with van der Waals surface area (Å²) in [6.07, 6.45) is -1.49. The van der Waals surface area contributed by atoms with Gasteiger partial charge in [-0.2, -0.15) is 0 Å². The standard InChI is InChI=1S/C29H27N3O8/c33-12-20-24(34)25(35)26(36)29(40-20)39-14-6-7-15-17(10-30-19(15)9-14)21-22(28(38)31-27(21)37)18-11-32-8-2-4-13-3-1-5-16(18)23(13)32/h1,3,5-7,9-12,20-22,24-26,29-30,34-36H,2,4,8H2,(H,31,37,38)/t20-,21+,22+,24-,25+,26-,29?/m1/s1. The summed E-state index contributed by atoms with van der Waals surface area (Å²) in [5.41, 5.74) is 4.46. The van der Waals surface area contributed by atoms with Crippen LogP contribution in [-0.2, 0) is 32.1 Å². The third-order valence-electron chi connectivity index (χ3n) is 8.35. The molecule has 0 saturated carbocycles. The van der Waals surface area contributed by atoms with Crippen molar-refractivity contribution in [2.75, 3.05) is 0 Å². The van der Waals surface area contributed by atoms with Crippen molar-refractivity contribution in [3.63, 3.8) is 0 Å². The molecule has 7 atom stereocenters. The summed E-state index contributed by atoms with van der Waals surface area (Å²) in [5.74, 6) is -1.88. The predicted octanol–water partition coefficient (Wildman–Crippen LogP) is 0.978. The number of nitrogens with zero attached hydrogens (tertiary/aromatic N) is 1. The fourth-order valence-corrected chi connectivity index (χ4v) is 6.43. The zero-order valence-corrected chi connectivity index (χ0v) is 21.2. The highest BCUT2D eigenvalue weighted by Gasteiger charge is 2.47. The predicted molar refractivity (Wildman–Crippen MR) is 141 cm³/mol. The molecule has 2 saturated heterocycles. The van der Waals surface area contributed by atoms with Crippen molar-refractivity contribution in [1.29, 1.82) is 0 Å². The van der Waals surface area contributed by atoms with Crippen molar-refractivity contribution in [2.24, 2.45) is 0 Å². The molecule has 0 radical (unpaired) electrons. The minimum atomic E-state index is -1.63. The molecule has 2 aromatic carbocycles. The number of ether oxygens (including phenoxy) is 2. The van der Waals surface area contributed by atoms with Gasteiger partial charge in [-0.15, -0.1) is 0 Å². The first-order valence-corrected chi connectivity index (χ1v) is 13.2. The smallest absolute Gasteiger partial charge is 0.235 e. The first-order valence-electron chi connectivity index (χ1n) is 13.2. The number of aliphatic hydroxyl groups excluding tert-OH is 3. The molecule has 11 nitrogen and oxygen atoms in total. The molecular formula is C29H27N3O8. The molecule has 3 aliphatic rings. The Labute approximate surface area is 227 Å². The highest BCUT2D eigenvalue weighted by molar-refractivity contribution is 6.13. The van der Waals surface area contributed by atoms with Crippen LogP contribution < -0.4 is 10.1 Å². The molecule has 11 heteroatoms. The maximum atomic E-state index is 13.2. The van der Waals surface area contributed by atoms with E-state index in [9.17, 15) is 29.7 Å². The van der Waals surface area contributed by atoms with E-state index in [1.54, 1.807) is 24.4 Å². The van der Waals surface area contributed by atoms with Crippen LogP contribution in [0.15, 0.2) is 48.8 Å². The average molecular weight is 546 g/mol. The minimum Gasteiger partial charge on any atom is -0.462 e. The number of aliphatic hydroxyl groups is 3. The van der Waals surface area contributed by atoms with E-state index in [2.05, 4.69) is 20.9 Å². The Bertz CT molecular complexity index is 1670. The van der Waals surface area contributed by atoms with Crippen molar-refractivity contribution in [3.05, 3.63) is 65.5 Å². The van der Waals surface area contributed by atoms with Crippen LogP contribution >= 0.6 is 0 Å². The van der Waals surface area contributed by atoms with Crippen LogP contribution in [0.1, 0.15) is 34.9 Å². The molecule has 2 fully saturated rings. The van der Waals surface area contributed by atoms with Crippen LogP contribution in [0.5, 0.6) is 5.75 Å². The van der Waals surface area contributed by atoms with E-state index in [4.69, 9.17) is 9.47 Å². The number of para-hydroxylation sites is 1. The fraction of sp³-hybridized carbons (Fsp3) is 0.345. The summed E-state index contributed by atoms with van der Waals surface area (Å²) in [7, 11) is 0. The molecule has 206 valence electrons. The lowest BCUT2D eigenvalue weighted by Crippen LogP contribution is -2.59. The number of hydrogen-bond acceptors (Lipinski definition) is 8. The van der Waals surface area contributed by atoms with Gasteiger partial charge in [0, 0.05) is 41.3 Å². The maximum Gasteiger partial charge on any atom is 0.235 e. The molecule has 40 heavy (non-hydrogen) atoms. The van der Waals surface area contributed by atoms with Crippen molar-refractivity contribution in [2.45, 2.75) is 61.9 Å². The normalized spacial score (nSPS) is 30.1. The molecule has 1 unspecified atom stereocenters. The molecular weight excluding hydrogens is 518 g/mol. The molecule has 5 heterocycles. The molecule has 7 rings (SSSR count).